The maximum Gasteiger partial charge on any atom is 0.418 e. The number of aliphatic hydroxyl groups is 1. The van der Waals surface area contributed by atoms with Gasteiger partial charge in [-0.25, -0.2) is 4.39 Å². The molecule has 2 rings (SSSR count). The third-order valence-electron chi connectivity index (χ3n) is 5.96. The first kappa shape index (κ1) is 28.4. The summed E-state index contributed by atoms with van der Waals surface area (Å²) in [6.07, 6.45) is 2.93. The number of nitrogens with one attached hydrogen (secondary N) is 1. The molecule has 1 aliphatic rings. The lowest BCUT2D eigenvalue weighted by Crippen LogP contribution is -2.55. The van der Waals surface area contributed by atoms with Crippen LogP contribution >= 0.6 is 0 Å². The van der Waals surface area contributed by atoms with Crippen molar-refractivity contribution in [3.05, 3.63) is 76.9 Å². The molecule has 0 aromatic heterocycles. The summed E-state index contributed by atoms with van der Waals surface area (Å²) in [6.45, 7) is 11.5. The van der Waals surface area contributed by atoms with Gasteiger partial charge in [-0.1, -0.05) is 38.7 Å². The molecule has 35 heavy (non-hydrogen) atoms. The summed E-state index contributed by atoms with van der Waals surface area (Å²) in [5, 5.41) is 13.8. The molecule has 0 saturated carbocycles. The number of aliphatic imine (C=N–C) groups is 1. The SMILES string of the molecule is C=C/C(N=CC)=C(/C=C\C)C(=C/C)\NC[C@@](O)(CC(C)(C)c1cc(F)cc2c1OCC2)C(F)(F)F. The highest BCUT2D eigenvalue weighted by atomic mass is 19.4. The first-order valence-electron chi connectivity index (χ1n) is 11.5. The van der Waals surface area contributed by atoms with Crippen molar-refractivity contribution in [2.24, 2.45) is 4.99 Å². The minimum atomic E-state index is -4.96. The van der Waals surface area contributed by atoms with Crippen molar-refractivity contribution in [2.45, 2.75) is 64.7 Å². The van der Waals surface area contributed by atoms with Crippen LogP contribution in [0.5, 0.6) is 5.75 Å². The molecule has 0 amide bonds. The van der Waals surface area contributed by atoms with E-state index in [1.54, 1.807) is 59.1 Å². The van der Waals surface area contributed by atoms with Crippen LogP contribution in [0.2, 0.25) is 0 Å². The van der Waals surface area contributed by atoms with E-state index in [0.717, 1.165) is 0 Å². The Labute approximate surface area is 204 Å². The van der Waals surface area contributed by atoms with Crippen molar-refractivity contribution in [1.29, 1.82) is 0 Å². The highest BCUT2D eigenvalue weighted by Crippen LogP contribution is 2.45. The summed E-state index contributed by atoms with van der Waals surface area (Å²) in [5.41, 5.74) is -2.09. The van der Waals surface area contributed by atoms with Crippen molar-refractivity contribution in [3.63, 3.8) is 0 Å². The Morgan fingerprint density at radius 3 is 2.46 bits per heavy atom. The van der Waals surface area contributed by atoms with E-state index in [1.807, 2.05) is 0 Å². The van der Waals surface area contributed by atoms with Crippen LogP contribution in [0.4, 0.5) is 17.6 Å². The average molecular weight is 495 g/mol. The minimum Gasteiger partial charge on any atom is -0.493 e. The Balaban J connectivity index is 2.44. The summed E-state index contributed by atoms with van der Waals surface area (Å²) in [7, 11) is 0. The van der Waals surface area contributed by atoms with Crippen LogP contribution in [-0.4, -0.2) is 36.3 Å². The van der Waals surface area contributed by atoms with Crippen molar-refractivity contribution in [3.8, 4) is 5.75 Å². The Bertz CT molecular complexity index is 1050. The number of allylic oxidation sites excluding steroid dienone is 4. The average Bonchev–Trinajstić information content (AvgIpc) is 3.23. The Morgan fingerprint density at radius 1 is 1.23 bits per heavy atom. The molecule has 0 spiro atoms. The predicted molar refractivity (Wildman–Crippen MR) is 132 cm³/mol. The number of rotatable bonds is 10. The van der Waals surface area contributed by atoms with E-state index in [2.05, 4.69) is 16.9 Å². The van der Waals surface area contributed by atoms with Gasteiger partial charge in [0.2, 0.25) is 0 Å². The number of ether oxygens (including phenoxy) is 1. The van der Waals surface area contributed by atoms with Crippen LogP contribution in [-0.2, 0) is 11.8 Å². The maximum atomic E-state index is 14.3. The molecule has 192 valence electrons. The number of benzene rings is 1. The van der Waals surface area contributed by atoms with Crippen LogP contribution in [0.1, 0.15) is 52.2 Å². The molecule has 1 aromatic rings. The Kier molecular flexibility index (Phi) is 9.11. The Morgan fingerprint density at radius 2 is 1.91 bits per heavy atom. The summed E-state index contributed by atoms with van der Waals surface area (Å²) in [6, 6.07) is 2.53. The molecular formula is C27H34F4N2O2. The van der Waals surface area contributed by atoms with E-state index >= 15 is 0 Å². The first-order valence-corrected chi connectivity index (χ1v) is 11.5. The lowest BCUT2D eigenvalue weighted by molar-refractivity contribution is -0.264. The number of halogens is 4. The molecule has 1 atom stereocenters. The lowest BCUT2D eigenvalue weighted by atomic mass is 9.74. The molecule has 0 unspecified atom stereocenters. The monoisotopic (exact) mass is 494 g/mol. The van der Waals surface area contributed by atoms with E-state index in [1.165, 1.54) is 18.2 Å². The molecule has 0 aliphatic carbocycles. The van der Waals surface area contributed by atoms with E-state index in [4.69, 9.17) is 4.74 Å². The van der Waals surface area contributed by atoms with Crippen molar-refractivity contribution < 1.29 is 27.4 Å². The lowest BCUT2D eigenvalue weighted by Gasteiger charge is -2.39. The van der Waals surface area contributed by atoms with Crippen molar-refractivity contribution >= 4 is 6.21 Å². The number of hydrogen-bond acceptors (Lipinski definition) is 4. The van der Waals surface area contributed by atoms with Gasteiger partial charge in [0.25, 0.3) is 0 Å². The Hall–Kier alpha value is -2.87. The van der Waals surface area contributed by atoms with E-state index < -0.39 is 36.0 Å². The second-order valence-electron chi connectivity index (χ2n) is 9.08. The van der Waals surface area contributed by atoms with Crippen molar-refractivity contribution in [2.75, 3.05) is 13.2 Å². The standard InChI is InChI=1S/C27H34F4N2O2/c1-7-11-20(22(8-2)32-10-4)23(9-3)33-17-26(34,27(29,30)31)16-25(5,6)21-15-19(28)14-18-12-13-35-24(18)21/h7-11,14-15,33-34H,2,12-13,16-17H2,1,3-6H3/b11-7-,22-20+,23-9+,32-10?/t26-/m0/s1. The van der Waals surface area contributed by atoms with Crippen LogP contribution in [0.25, 0.3) is 0 Å². The summed E-state index contributed by atoms with van der Waals surface area (Å²) < 4.78 is 62.7. The molecule has 0 radical (unpaired) electrons. The molecule has 1 heterocycles. The molecule has 8 heteroatoms. The molecule has 1 aromatic carbocycles. The van der Waals surface area contributed by atoms with Crippen LogP contribution < -0.4 is 10.1 Å². The second kappa shape index (κ2) is 11.2. The third-order valence-corrected chi connectivity index (χ3v) is 5.96. The number of alkyl halides is 3. The predicted octanol–water partition coefficient (Wildman–Crippen LogP) is 6.32. The number of hydrogen-bond donors (Lipinski definition) is 2. The van der Waals surface area contributed by atoms with Gasteiger partial charge in [-0.2, -0.15) is 13.2 Å². The molecule has 1 aliphatic heterocycles. The van der Waals surface area contributed by atoms with E-state index in [0.29, 0.717) is 46.9 Å². The smallest absolute Gasteiger partial charge is 0.418 e. The highest BCUT2D eigenvalue weighted by Gasteiger charge is 2.56. The zero-order valence-corrected chi connectivity index (χ0v) is 20.9. The zero-order chi connectivity index (χ0) is 26.4. The molecule has 4 nitrogen and oxygen atoms in total. The fraction of sp³-hybridized carbons (Fsp3) is 0.444. The van der Waals surface area contributed by atoms with Gasteiger partial charge in [0.1, 0.15) is 11.6 Å². The summed E-state index contributed by atoms with van der Waals surface area (Å²) in [4.78, 5) is 4.23. The minimum absolute atomic E-state index is 0.305. The van der Waals surface area contributed by atoms with Crippen LogP contribution in [0.3, 0.4) is 0 Å². The first-order chi connectivity index (χ1) is 16.3. The van der Waals surface area contributed by atoms with Crippen molar-refractivity contribution in [1.82, 2.24) is 5.32 Å². The normalized spacial score (nSPS) is 17.3. The third kappa shape index (κ3) is 6.42. The molecule has 0 fully saturated rings. The van der Waals surface area contributed by atoms with Crippen LogP contribution in [0.15, 0.2) is 65.0 Å². The largest absolute Gasteiger partial charge is 0.493 e. The fourth-order valence-corrected chi connectivity index (χ4v) is 4.31. The van der Waals surface area contributed by atoms with E-state index in [-0.39, 0.29) is 0 Å². The maximum absolute atomic E-state index is 14.3. The zero-order valence-electron chi connectivity index (χ0n) is 20.9. The van der Waals surface area contributed by atoms with Gasteiger partial charge in [-0.05, 0) is 50.8 Å². The fourth-order valence-electron chi connectivity index (χ4n) is 4.31. The summed E-state index contributed by atoms with van der Waals surface area (Å²) >= 11 is 0. The molecule has 0 saturated heterocycles. The molecule has 2 N–H and O–H groups in total. The highest BCUT2D eigenvalue weighted by molar-refractivity contribution is 5.58. The molecular weight excluding hydrogens is 460 g/mol. The van der Waals surface area contributed by atoms with Gasteiger partial charge < -0.3 is 15.2 Å². The number of fused-ring (bicyclic) bond motifs is 1. The van der Waals surface area contributed by atoms with Gasteiger partial charge in [-0.15, -0.1) is 0 Å². The topological polar surface area (TPSA) is 53.9 Å². The van der Waals surface area contributed by atoms with Gasteiger partial charge in [0, 0.05) is 35.0 Å². The van der Waals surface area contributed by atoms with Gasteiger partial charge in [0.15, 0.2) is 5.60 Å². The summed E-state index contributed by atoms with van der Waals surface area (Å²) in [5.74, 6) is -0.147. The van der Waals surface area contributed by atoms with Crippen LogP contribution in [0, 0.1) is 5.82 Å². The van der Waals surface area contributed by atoms with E-state index in [9.17, 15) is 22.7 Å². The second-order valence-corrected chi connectivity index (χ2v) is 9.08. The van der Waals surface area contributed by atoms with Gasteiger partial charge >= 0.3 is 6.18 Å². The van der Waals surface area contributed by atoms with Gasteiger partial charge in [-0.3, -0.25) is 4.99 Å². The van der Waals surface area contributed by atoms with Gasteiger partial charge in [0.05, 0.1) is 18.8 Å². The number of nitrogens with zero attached hydrogens (tertiary/aromatic N) is 1. The quantitative estimate of drug-likeness (QED) is 0.227. The molecule has 0 bridgehead atoms.